The fourth-order valence-corrected chi connectivity index (χ4v) is 1.45. The van der Waals surface area contributed by atoms with E-state index in [1.807, 2.05) is 30.3 Å². The van der Waals surface area contributed by atoms with Crippen molar-refractivity contribution in [1.82, 2.24) is 0 Å². The predicted octanol–water partition coefficient (Wildman–Crippen LogP) is 3.48. The van der Waals surface area contributed by atoms with E-state index >= 15 is 0 Å². The van der Waals surface area contributed by atoms with Crippen LogP contribution >= 0.6 is 0 Å². The molecule has 0 aliphatic carbocycles. The van der Waals surface area contributed by atoms with Gasteiger partial charge in [0.2, 0.25) is 5.91 Å². The van der Waals surface area contributed by atoms with E-state index in [2.05, 4.69) is 5.32 Å². The summed E-state index contributed by atoms with van der Waals surface area (Å²) >= 11 is 0. The summed E-state index contributed by atoms with van der Waals surface area (Å²) in [6, 6.07) is 15.1. The van der Waals surface area contributed by atoms with Crippen molar-refractivity contribution in [3.8, 4) is 0 Å². The molecule has 0 heterocycles. The largest absolute Gasteiger partial charge is 0.323 e. The van der Waals surface area contributed by atoms with Crippen LogP contribution in [0.4, 0.5) is 10.1 Å². The Labute approximate surface area is 105 Å². The van der Waals surface area contributed by atoms with Crippen molar-refractivity contribution in [2.24, 2.45) is 0 Å². The maximum absolute atomic E-state index is 12.7. The van der Waals surface area contributed by atoms with Crippen molar-refractivity contribution in [2.75, 3.05) is 5.32 Å². The molecule has 0 unspecified atom stereocenters. The zero-order valence-electron chi connectivity index (χ0n) is 9.64. The Bertz CT molecular complexity index is 546. The number of benzene rings is 2. The fraction of sp³-hybridized carbons (Fsp3) is 0. The molecule has 2 nitrogen and oxygen atoms in total. The van der Waals surface area contributed by atoms with Crippen molar-refractivity contribution in [3.05, 3.63) is 72.1 Å². The van der Waals surface area contributed by atoms with E-state index in [4.69, 9.17) is 0 Å². The second kappa shape index (κ2) is 5.77. The van der Waals surface area contributed by atoms with Crippen LogP contribution in [0.1, 0.15) is 5.56 Å². The Balaban J connectivity index is 1.97. The first-order valence-electron chi connectivity index (χ1n) is 5.54. The van der Waals surface area contributed by atoms with Gasteiger partial charge in [0.25, 0.3) is 0 Å². The van der Waals surface area contributed by atoms with Crippen LogP contribution in [0, 0.1) is 5.82 Å². The summed E-state index contributed by atoms with van der Waals surface area (Å²) in [6.07, 6.45) is 3.05. The van der Waals surface area contributed by atoms with Crippen molar-refractivity contribution in [3.63, 3.8) is 0 Å². The average Bonchev–Trinajstić information content (AvgIpc) is 2.39. The van der Waals surface area contributed by atoms with Gasteiger partial charge in [-0.15, -0.1) is 0 Å². The first kappa shape index (κ1) is 12.0. The minimum absolute atomic E-state index is 0.217. The van der Waals surface area contributed by atoms with Crippen LogP contribution in [-0.2, 0) is 4.79 Å². The normalized spacial score (nSPS) is 10.5. The van der Waals surface area contributed by atoms with Crippen LogP contribution in [0.5, 0.6) is 0 Å². The topological polar surface area (TPSA) is 29.1 Å². The van der Waals surface area contributed by atoms with Gasteiger partial charge in [-0.05, 0) is 35.9 Å². The zero-order valence-corrected chi connectivity index (χ0v) is 9.64. The lowest BCUT2D eigenvalue weighted by atomic mass is 10.2. The second-order valence-electron chi connectivity index (χ2n) is 3.74. The van der Waals surface area contributed by atoms with E-state index in [1.165, 1.54) is 18.2 Å². The average molecular weight is 241 g/mol. The summed E-state index contributed by atoms with van der Waals surface area (Å²) in [5, 5.41) is 2.72. The molecule has 0 fully saturated rings. The molecule has 0 saturated carbocycles. The molecule has 2 aromatic carbocycles. The van der Waals surface area contributed by atoms with Crippen molar-refractivity contribution in [1.29, 1.82) is 0 Å². The van der Waals surface area contributed by atoms with Crippen LogP contribution in [0.2, 0.25) is 0 Å². The Kier molecular flexibility index (Phi) is 3.86. The van der Waals surface area contributed by atoms with Gasteiger partial charge in [-0.2, -0.15) is 0 Å². The van der Waals surface area contributed by atoms with Crippen molar-refractivity contribution >= 4 is 17.7 Å². The molecule has 90 valence electrons. The molecule has 0 saturated heterocycles. The van der Waals surface area contributed by atoms with Crippen molar-refractivity contribution in [2.45, 2.75) is 0 Å². The smallest absolute Gasteiger partial charge is 0.248 e. The highest BCUT2D eigenvalue weighted by atomic mass is 19.1. The molecule has 0 bridgehead atoms. The van der Waals surface area contributed by atoms with E-state index in [1.54, 1.807) is 18.2 Å². The van der Waals surface area contributed by atoms with Gasteiger partial charge in [0.1, 0.15) is 5.82 Å². The lowest BCUT2D eigenvalue weighted by Gasteiger charge is -2.00. The number of halogens is 1. The van der Waals surface area contributed by atoms with Crippen LogP contribution < -0.4 is 5.32 Å². The first-order valence-corrected chi connectivity index (χ1v) is 5.54. The third kappa shape index (κ3) is 3.56. The van der Waals surface area contributed by atoms with Crippen LogP contribution in [0.3, 0.4) is 0 Å². The van der Waals surface area contributed by atoms with Gasteiger partial charge >= 0.3 is 0 Å². The van der Waals surface area contributed by atoms with Gasteiger partial charge in [-0.1, -0.05) is 30.3 Å². The number of para-hydroxylation sites is 1. The predicted molar refractivity (Wildman–Crippen MR) is 70.5 cm³/mol. The van der Waals surface area contributed by atoms with E-state index in [-0.39, 0.29) is 11.7 Å². The van der Waals surface area contributed by atoms with E-state index in [9.17, 15) is 9.18 Å². The molecule has 1 amide bonds. The minimum atomic E-state index is -0.291. The Morgan fingerprint density at radius 2 is 1.67 bits per heavy atom. The monoisotopic (exact) mass is 241 g/mol. The number of hydrogen-bond donors (Lipinski definition) is 1. The van der Waals surface area contributed by atoms with Gasteiger partial charge in [0.05, 0.1) is 0 Å². The highest BCUT2D eigenvalue weighted by Crippen LogP contribution is 2.07. The standard InChI is InChI=1S/C15H12FNO/c16-13-9-6-12(7-10-13)8-11-15(18)17-14-4-2-1-3-5-14/h1-11H,(H,17,18)/b11-8+. The summed E-state index contributed by atoms with van der Waals surface area (Å²) < 4.78 is 12.7. The molecular formula is C15H12FNO. The van der Waals surface area contributed by atoms with Crippen LogP contribution in [-0.4, -0.2) is 5.91 Å². The van der Waals surface area contributed by atoms with Gasteiger partial charge in [0, 0.05) is 11.8 Å². The molecular weight excluding hydrogens is 229 g/mol. The van der Waals surface area contributed by atoms with Crippen molar-refractivity contribution < 1.29 is 9.18 Å². The number of hydrogen-bond acceptors (Lipinski definition) is 1. The summed E-state index contributed by atoms with van der Waals surface area (Å²) in [4.78, 5) is 11.6. The van der Waals surface area contributed by atoms with Crippen LogP contribution in [0.15, 0.2) is 60.7 Å². The Morgan fingerprint density at radius 1 is 1.00 bits per heavy atom. The number of anilines is 1. The molecule has 0 radical (unpaired) electrons. The molecule has 0 spiro atoms. The molecule has 0 aliphatic heterocycles. The van der Waals surface area contributed by atoms with E-state index in [0.717, 1.165) is 11.3 Å². The van der Waals surface area contributed by atoms with Gasteiger partial charge in [0.15, 0.2) is 0 Å². The molecule has 2 rings (SSSR count). The Hall–Kier alpha value is -2.42. The summed E-state index contributed by atoms with van der Waals surface area (Å²) in [6.45, 7) is 0. The number of nitrogens with one attached hydrogen (secondary N) is 1. The lowest BCUT2D eigenvalue weighted by molar-refractivity contribution is -0.111. The molecule has 18 heavy (non-hydrogen) atoms. The number of carbonyl (C=O) groups is 1. The van der Waals surface area contributed by atoms with E-state index < -0.39 is 0 Å². The highest BCUT2D eigenvalue weighted by Gasteiger charge is 1.96. The maximum Gasteiger partial charge on any atom is 0.248 e. The molecule has 2 aromatic rings. The molecule has 0 aliphatic rings. The van der Waals surface area contributed by atoms with Gasteiger partial charge in [-0.3, -0.25) is 4.79 Å². The third-order valence-electron chi connectivity index (χ3n) is 2.34. The molecule has 3 heteroatoms. The third-order valence-corrected chi connectivity index (χ3v) is 2.34. The summed E-state index contributed by atoms with van der Waals surface area (Å²) in [7, 11) is 0. The maximum atomic E-state index is 12.7. The van der Waals surface area contributed by atoms with Gasteiger partial charge in [-0.25, -0.2) is 4.39 Å². The van der Waals surface area contributed by atoms with Gasteiger partial charge < -0.3 is 5.32 Å². The van der Waals surface area contributed by atoms with E-state index in [0.29, 0.717) is 0 Å². The zero-order chi connectivity index (χ0) is 12.8. The quantitative estimate of drug-likeness (QED) is 0.819. The molecule has 0 aromatic heterocycles. The summed E-state index contributed by atoms with van der Waals surface area (Å²) in [5.41, 5.74) is 1.52. The highest BCUT2D eigenvalue weighted by molar-refractivity contribution is 6.01. The number of rotatable bonds is 3. The van der Waals surface area contributed by atoms with Crippen LogP contribution in [0.25, 0.3) is 6.08 Å². The summed E-state index contributed by atoms with van der Waals surface area (Å²) in [5.74, 6) is -0.508. The first-order chi connectivity index (χ1) is 8.74. The Morgan fingerprint density at radius 3 is 2.33 bits per heavy atom. The SMILES string of the molecule is O=C(/C=C/c1ccc(F)cc1)Nc1ccccc1. The number of amides is 1. The molecule has 0 atom stereocenters. The fourth-order valence-electron chi connectivity index (χ4n) is 1.45. The second-order valence-corrected chi connectivity index (χ2v) is 3.74. The lowest BCUT2D eigenvalue weighted by Crippen LogP contribution is -2.07. The molecule has 1 N–H and O–H groups in total. The minimum Gasteiger partial charge on any atom is -0.323 e. The number of carbonyl (C=O) groups excluding carboxylic acids is 1.